The highest BCUT2D eigenvalue weighted by Crippen LogP contribution is 2.56. The molecule has 4 aromatic rings. The molecule has 0 saturated heterocycles. The maximum Gasteiger partial charge on any atom is 0.140 e. The Bertz CT molecular complexity index is 1150. The third-order valence-electron chi connectivity index (χ3n) is 5.46. The van der Waals surface area contributed by atoms with Gasteiger partial charge in [-0.15, -0.1) is 0 Å². The predicted octanol–water partition coefficient (Wildman–Crippen LogP) is 7.24. The van der Waals surface area contributed by atoms with Crippen LogP contribution < -0.4 is 10.6 Å². The maximum atomic E-state index is 14.3. The van der Waals surface area contributed by atoms with Crippen LogP contribution in [0.15, 0.2) is 133 Å². The first-order valence-electron chi connectivity index (χ1n) is 10.6. The molecular weight excluding hydrogens is 430 g/mol. The zero-order chi connectivity index (χ0) is 22.3. The van der Waals surface area contributed by atoms with Gasteiger partial charge in [0.2, 0.25) is 0 Å². The number of rotatable bonds is 8. The molecule has 0 aliphatic heterocycles. The van der Waals surface area contributed by atoms with Crippen molar-refractivity contribution in [3.8, 4) is 0 Å². The maximum absolute atomic E-state index is 14.3. The van der Waals surface area contributed by atoms with Crippen LogP contribution in [0.25, 0.3) is 0 Å². The van der Waals surface area contributed by atoms with Crippen molar-refractivity contribution in [1.29, 1.82) is 0 Å². The van der Waals surface area contributed by atoms with Gasteiger partial charge in [-0.25, -0.2) is 0 Å². The van der Waals surface area contributed by atoms with E-state index in [4.69, 9.17) is 0 Å². The van der Waals surface area contributed by atoms with E-state index in [0.29, 0.717) is 12.3 Å². The van der Waals surface area contributed by atoms with Gasteiger partial charge in [-0.05, 0) is 22.8 Å². The van der Waals surface area contributed by atoms with Crippen LogP contribution in [0, 0.1) is 0 Å². The second-order valence-corrected chi connectivity index (χ2v) is 13.3. The third-order valence-corrected chi connectivity index (χ3v) is 11.0. The van der Waals surface area contributed by atoms with Crippen molar-refractivity contribution < 1.29 is 9.13 Å². The van der Waals surface area contributed by atoms with Gasteiger partial charge in [0.15, 0.2) is 0 Å². The monoisotopic (exact) mass is 456 g/mol. The van der Waals surface area contributed by atoms with E-state index < -0.39 is 14.3 Å². The van der Waals surface area contributed by atoms with E-state index >= 15 is 0 Å². The molecule has 0 heterocycles. The second kappa shape index (κ2) is 10.1. The Morgan fingerprint density at radius 2 is 0.719 bits per heavy atom. The van der Waals surface area contributed by atoms with Gasteiger partial charge in [-0.2, -0.15) is 0 Å². The highest BCUT2D eigenvalue weighted by Gasteiger charge is 2.27. The molecule has 160 valence electrons. The van der Waals surface area contributed by atoms with Gasteiger partial charge < -0.3 is 9.13 Å². The minimum absolute atomic E-state index is 0.397. The molecule has 4 heteroatoms. The van der Waals surface area contributed by atoms with Crippen molar-refractivity contribution in [2.75, 3.05) is 0 Å². The molecule has 0 spiro atoms. The average Bonchev–Trinajstić information content (AvgIpc) is 2.85. The van der Waals surface area contributed by atoms with E-state index in [0.717, 1.165) is 21.7 Å². The topological polar surface area (TPSA) is 34.1 Å². The standard InChI is InChI=1S/C28H26O2P2/c29-31(27-17-9-3-10-18-27,23-25-13-5-1-6-14-25)21-22-32(30,28-19-11-4-12-20-28)24-26-15-7-2-8-16-26/h1-22H,23-24H2/b22-21+. The molecular formula is C28H26O2P2. The second-order valence-electron chi connectivity index (χ2n) is 7.85. The van der Waals surface area contributed by atoms with Crippen molar-refractivity contribution in [3.05, 3.63) is 144 Å². The van der Waals surface area contributed by atoms with Crippen LogP contribution in [0.4, 0.5) is 0 Å². The fourth-order valence-electron chi connectivity index (χ4n) is 3.75. The molecule has 4 rings (SSSR count). The lowest BCUT2D eigenvalue weighted by Gasteiger charge is -2.19. The van der Waals surface area contributed by atoms with Gasteiger partial charge in [0.25, 0.3) is 0 Å². The Hall–Kier alpha value is -2.92. The molecule has 4 aromatic carbocycles. The molecule has 2 unspecified atom stereocenters. The quantitative estimate of drug-likeness (QED) is 0.262. The fraction of sp³-hybridized carbons (Fsp3) is 0.0714. The van der Waals surface area contributed by atoms with Crippen LogP contribution in [0.1, 0.15) is 11.1 Å². The van der Waals surface area contributed by atoms with Crippen LogP contribution in [0.2, 0.25) is 0 Å². The van der Waals surface area contributed by atoms with Crippen LogP contribution in [0.5, 0.6) is 0 Å². The van der Waals surface area contributed by atoms with Gasteiger partial charge in [0, 0.05) is 22.9 Å². The first-order chi connectivity index (χ1) is 15.6. The lowest BCUT2D eigenvalue weighted by molar-refractivity contribution is 0.583. The number of hydrogen-bond donors (Lipinski definition) is 0. The molecule has 0 aliphatic rings. The van der Waals surface area contributed by atoms with E-state index in [9.17, 15) is 9.13 Å². The SMILES string of the molecule is O=P(/C=C/P(=O)(Cc1ccccc1)c1ccccc1)(Cc1ccccc1)c1ccccc1. The Kier molecular flexibility index (Phi) is 7.05. The summed E-state index contributed by atoms with van der Waals surface area (Å²) < 4.78 is 28.6. The van der Waals surface area contributed by atoms with Crippen molar-refractivity contribution in [1.82, 2.24) is 0 Å². The molecule has 32 heavy (non-hydrogen) atoms. The van der Waals surface area contributed by atoms with E-state index in [1.54, 1.807) is 11.6 Å². The Morgan fingerprint density at radius 3 is 1.03 bits per heavy atom. The smallest absolute Gasteiger partial charge is 0.140 e. The Labute approximate surface area is 190 Å². The number of hydrogen-bond acceptors (Lipinski definition) is 2. The van der Waals surface area contributed by atoms with Crippen LogP contribution in [-0.2, 0) is 21.5 Å². The van der Waals surface area contributed by atoms with Gasteiger partial charge in [0.1, 0.15) is 14.3 Å². The van der Waals surface area contributed by atoms with E-state index in [1.165, 1.54) is 0 Å². The van der Waals surface area contributed by atoms with Crippen molar-refractivity contribution in [3.63, 3.8) is 0 Å². The Morgan fingerprint density at radius 1 is 0.438 bits per heavy atom. The fourth-order valence-corrected chi connectivity index (χ4v) is 9.25. The molecule has 0 amide bonds. The summed E-state index contributed by atoms with van der Waals surface area (Å²) in [6.45, 7) is 0. The minimum atomic E-state index is -2.97. The van der Waals surface area contributed by atoms with Crippen molar-refractivity contribution in [2.24, 2.45) is 0 Å². The molecule has 0 bridgehead atoms. The largest absolute Gasteiger partial charge is 0.314 e. The van der Waals surface area contributed by atoms with Gasteiger partial charge in [0.05, 0.1) is 0 Å². The summed E-state index contributed by atoms with van der Waals surface area (Å²) in [6.07, 6.45) is 0.795. The molecule has 0 aliphatic carbocycles. The summed E-state index contributed by atoms with van der Waals surface area (Å²) in [5, 5.41) is 1.55. The molecule has 0 N–H and O–H groups in total. The van der Waals surface area contributed by atoms with Crippen molar-refractivity contribution in [2.45, 2.75) is 12.3 Å². The lowest BCUT2D eigenvalue weighted by atomic mass is 10.2. The summed E-state index contributed by atoms with van der Waals surface area (Å²) in [7, 11) is -5.94. The third kappa shape index (κ3) is 5.46. The highest BCUT2D eigenvalue weighted by atomic mass is 31.2. The molecule has 2 nitrogen and oxygen atoms in total. The van der Waals surface area contributed by atoms with Crippen LogP contribution in [-0.4, -0.2) is 0 Å². The van der Waals surface area contributed by atoms with Crippen LogP contribution >= 0.6 is 14.3 Å². The first kappa shape index (κ1) is 22.3. The predicted molar refractivity (Wildman–Crippen MR) is 137 cm³/mol. The molecule has 0 aromatic heterocycles. The number of benzene rings is 4. The molecule has 0 saturated carbocycles. The average molecular weight is 456 g/mol. The van der Waals surface area contributed by atoms with Gasteiger partial charge in [-0.1, -0.05) is 121 Å². The Balaban J connectivity index is 1.77. The van der Waals surface area contributed by atoms with E-state index in [1.807, 2.05) is 121 Å². The zero-order valence-electron chi connectivity index (χ0n) is 17.8. The summed E-state index contributed by atoms with van der Waals surface area (Å²) in [5.41, 5.74) is 2.00. The first-order valence-corrected chi connectivity index (χ1v) is 14.6. The lowest BCUT2D eigenvalue weighted by Crippen LogP contribution is -2.07. The van der Waals surface area contributed by atoms with E-state index in [2.05, 4.69) is 0 Å². The zero-order valence-corrected chi connectivity index (χ0v) is 19.6. The minimum Gasteiger partial charge on any atom is -0.314 e. The summed E-state index contributed by atoms with van der Waals surface area (Å²) in [4.78, 5) is 0. The van der Waals surface area contributed by atoms with Crippen LogP contribution in [0.3, 0.4) is 0 Å². The molecule has 2 atom stereocenters. The molecule has 0 fully saturated rings. The van der Waals surface area contributed by atoms with Crippen molar-refractivity contribution >= 4 is 24.9 Å². The summed E-state index contributed by atoms with van der Waals surface area (Å²) >= 11 is 0. The molecule has 0 radical (unpaired) electrons. The highest BCUT2D eigenvalue weighted by molar-refractivity contribution is 7.77. The summed E-state index contributed by atoms with van der Waals surface area (Å²) in [6, 6.07) is 38.8. The normalized spacial score (nSPS) is 15.1. The summed E-state index contributed by atoms with van der Waals surface area (Å²) in [5.74, 6) is 3.48. The van der Waals surface area contributed by atoms with Gasteiger partial charge in [-0.3, -0.25) is 0 Å². The van der Waals surface area contributed by atoms with Gasteiger partial charge >= 0.3 is 0 Å². The van der Waals surface area contributed by atoms with E-state index in [-0.39, 0.29) is 0 Å².